The first-order valence-corrected chi connectivity index (χ1v) is 8.22. The predicted molar refractivity (Wildman–Crippen MR) is 95.9 cm³/mol. The molecule has 1 aliphatic rings. The zero-order chi connectivity index (χ0) is 17.2. The van der Waals surface area contributed by atoms with Gasteiger partial charge in [0.05, 0.1) is 0 Å². The van der Waals surface area contributed by atoms with Gasteiger partial charge in [0, 0.05) is 31.4 Å². The maximum absolute atomic E-state index is 13.0. The summed E-state index contributed by atoms with van der Waals surface area (Å²) in [5.74, 6) is 0.122. The van der Waals surface area contributed by atoms with Crippen molar-refractivity contribution in [2.45, 2.75) is 12.5 Å². The van der Waals surface area contributed by atoms with Crippen molar-refractivity contribution in [3.05, 3.63) is 89.4 Å². The quantitative estimate of drug-likeness (QED) is 0.784. The Morgan fingerprint density at radius 1 is 1.00 bits per heavy atom. The van der Waals surface area contributed by atoms with Crippen LogP contribution in [0.4, 0.5) is 5.82 Å². The topological polar surface area (TPSA) is 72.1 Å². The number of nitrogen functional groups attached to an aromatic ring is 1. The molecule has 0 fully saturated rings. The number of anilines is 1. The average Bonchev–Trinajstić information content (AvgIpc) is 2.67. The highest BCUT2D eigenvalue weighted by Crippen LogP contribution is 2.34. The van der Waals surface area contributed by atoms with E-state index in [2.05, 4.69) is 34.2 Å². The van der Waals surface area contributed by atoms with Crippen LogP contribution in [0.25, 0.3) is 0 Å². The molecule has 1 aliphatic heterocycles. The van der Waals surface area contributed by atoms with Gasteiger partial charge >= 0.3 is 0 Å². The second kappa shape index (κ2) is 6.36. The molecule has 3 aromatic rings. The number of aromatic nitrogens is 2. The van der Waals surface area contributed by atoms with Gasteiger partial charge in [0.2, 0.25) is 0 Å². The molecule has 0 aliphatic carbocycles. The number of amides is 1. The van der Waals surface area contributed by atoms with Crippen LogP contribution < -0.4 is 5.73 Å². The third-order valence-electron chi connectivity index (χ3n) is 4.61. The van der Waals surface area contributed by atoms with Crippen LogP contribution in [0.3, 0.4) is 0 Å². The number of benzene rings is 2. The van der Waals surface area contributed by atoms with Crippen molar-refractivity contribution >= 4 is 11.7 Å². The maximum Gasteiger partial charge on any atom is 0.276 e. The lowest BCUT2D eigenvalue weighted by Gasteiger charge is -2.35. The lowest BCUT2D eigenvalue weighted by Crippen LogP contribution is -2.39. The lowest BCUT2D eigenvalue weighted by atomic mass is 9.84. The van der Waals surface area contributed by atoms with E-state index in [4.69, 9.17) is 5.73 Å². The van der Waals surface area contributed by atoms with Gasteiger partial charge in [-0.25, -0.2) is 9.97 Å². The first-order chi connectivity index (χ1) is 12.2. The summed E-state index contributed by atoms with van der Waals surface area (Å²) in [6, 6.07) is 18.5. The molecule has 2 aromatic carbocycles. The highest BCUT2D eigenvalue weighted by atomic mass is 16.2. The Morgan fingerprint density at radius 2 is 1.72 bits per heavy atom. The molecule has 5 nitrogen and oxygen atoms in total. The third kappa shape index (κ3) is 2.85. The molecule has 1 aromatic heterocycles. The Morgan fingerprint density at radius 3 is 2.52 bits per heavy atom. The predicted octanol–water partition coefficient (Wildman–Crippen LogP) is 2.85. The van der Waals surface area contributed by atoms with Gasteiger partial charge in [-0.05, 0) is 16.7 Å². The summed E-state index contributed by atoms with van der Waals surface area (Å²) in [6.07, 6.45) is 2.99. The molecule has 4 rings (SSSR count). The standard InChI is InChI=1S/C20H18N4O/c21-19-18(22-10-11-23-19)20(25)24-12-15-8-4-5-9-16(15)17(13-24)14-6-2-1-3-7-14/h1-11,17H,12-13H2,(H2,21,23). The molecule has 0 radical (unpaired) electrons. The summed E-state index contributed by atoms with van der Waals surface area (Å²) in [4.78, 5) is 22.9. The fourth-order valence-corrected chi connectivity index (χ4v) is 3.40. The Labute approximate surface area is 146 Å². The fraction of sp³-hybridized carbons (Fsp3) is 0.150. The molecule has 2 heterocycles. The van der Waals surface area contributed by atoms with Crippen LogP contribution in [0.2, 0.25) is 0 Å². The van der Waals surface area contributed by atoms with E-state index in [1.54, 1.807) is 4.90 Å². The molecule has 1 unspecified atom stereocenters. The molecule has 1 atom stereocenters. The number of hydrogen-bond donors (Lipinski definition) is 1. The summed E-state index contributed by atoms with van der Waals surface area (Å²) in [5, 5.41) is 0. The van der Waals surface area contributed by atoms with E-state index in [1.165, 1.54) is 23.5 Å². The first kappa shape index (κ1) is 15.3. The average molecular weight is 330 g/mol. The van der Waals surface area contributed by atoms with E-state index in [0.29, 0.717) is 13.1 Å². The Balaban J connectivity index is 1.73. The number of rotatable bonds is 2. The van der Waals surface area contributed by atoms with Crippen molar-refractivity contribution < 1.29 is 4.79 Å². The molecule has 0 saturated carbocycles. The van der Waals surface area contributed by atoms with Crippen molar-refractivity contribution in [3.63, 3.8) is 0 Å². The van der Waals surface area contributed by atoms with Crippen molar-refractivity contribution in [3.8, 4) is 0 Å². The van der Waals surface area contributed by atoms with Crippen LogP contribution in [0.1, 0.15) is 33.1 Å². The molecule has 124 valence electrons. The zero-order valence-electron chi connectivity index (χ0n) is 13.7. The molecule has 5 heteroatoms. The Kier molecular flexibility index (Phi) is 3.90. The zero-order valence-corrected chi connectivity index (χ0v) is 13.7. The minimum Gasteiger partial charge on any atom is -0.382 e. The Hall–Kier alpha value is -3.21. The van der Waals surface area contributed by atoms with Gasteiger partial charge in [0.15, 0.2) is 11.5 Å². The van der Waals surface area contributed by atoms with Gasteiger partial charge < -0.3 is 10.6 Å². The Bertz CT molecular complexity index is 910. The van der Waals surface area contributed by atoms with Gasteiger partial charge in [-0.15, -0.1) is 0 Å². The van der Waals surface area contributed by atoms with E-state index < -0.39 is 0 Å². The van der Waals surface area contributed by atoms with Crippen molar-refractivity contribution in [2.24, 2.45) is 0 Å². The SMILES string of the molecule is Nc1nccnc1C(=O)N1Cc2ccccc2C(c2ccccc2)C1. The van der Waals surface area contributed by atoms with Crippen molar-refractivity contribution in [1.29, 1.82) is 0 Å². The van der Waals surface area contributed by atoms with Crippen LogP contribution in [-0.4, -0.2) is 27.3 Å². The largest absolute Gasteiger partial charge is 0.382 e. The summed E-state index contributed by atoms with van der Waals surface area (Å²) >= 11 is 0. The normalized spacial score (nSPS) is 16.3. The summed E-state index contributed by atoms with van der Waals surface area (Å²) in [5.41, 5.74) is 9.68. The minimum atomic E-state index is -0.180. The van der Waals surface area contributed by atoms with Crippen LogP contribution in [0, 0.1) is 0 Å². The minimum absolute atomic E-state index is 0.132. The highest BCUT2D eigenvalue weighted by molar-refractivity contribution is 5.96. The third-order valence-corrected chi connectivity index (χ3v) is 4.61. The van der Waals surface area contributed by atoms with Crippen LogP contribution in [-0.2, 0) is 6.54 Å². The van der Waals surface area contributed by atoms with Gasteiger partial charge in [0.1, 0.15) is 0 Å². The van der Waals surface area contributed by atoms with E-state index in [1.807, 2.05) is 30.3 Å². The number of nitrogens with zero attached hydrogens (tertiary/aromatic N) is 3. The molecule has 1 amide bonds. The number of fused-ring (bicyclic) bond motifs is 1. The summed E-state index contributed by atoms with van der Waals surface area (Å²) < 4.78 is 0. The van der Waals surface area contributed by atoms with E-state index in [9.17, 15) is 4.79 Å². The molecule has 0 bridgehead atoms. The molecule has 0 saturated heterocycles. The van der Waals surface area contributed by atoms with E-state index in [-0.39, 0.29) is 23.3 Å². The maximum atomic E-state index is 13.0. The second-order valence-electron chi connectivity index (χ2n) is 6.14. The highest BCUT2D eigenvalue weighted by Gasteiger charge is 2.30. The van der Waals surface area contributed by atoms with Gasteiger partial charge in [0.25, 0.3) is 5.91 Å². The van der Waals surface area contributed by atoms with Gasteiger partial charge in [-0.1, -0.05) is 54.6 Å². The molecule has 2 N–H and O–H groups in total. The molecule has 0 spiro atoms. The number of carbonyl (C=O) groups is 1. The van der Waals surface area contributed by atoms with E-state index in [0.717, 1.165) is 5.56 Å². The van der Waals surface area contributed by atoms with Crippen LogP contribution in [0.15, 0.2) is 67.0 Å². The lowest BCUT2D eigenvalue weighted by molar-refractivity contribution is 0.0720. The van der Waals surface area contributed by atoms with Crippen molar-refractivity contribution in [2.75, 3.05) is 12.3 Å². The van der Waals surface area contributed by atoms with Crippen LogP contribution in [0.5, 0.6) is 0 Å². The summed E-state index contributed by atoms with van der Waals surface area (Å²) in [7, 11) is 0. The monoisotopic (exact) mass is 330 g/mol. The van der Waals surface area contributed by atoms with Gasteiger partial charge in [-0.3, -0.25) is 4.79 Å². The number of hydrogen-bond acceptors (Lipinski definition) is 4. The van der Waals surface area contributed by atoms with Crippen molar-refractivity contribution in [1.82, 2.24) is 14.9 Å². The number of nitrogens with two attached hydrogens (primary N) is 1. The molecule has 25 heavy (non-hydrogen) atoms. The summed E-state index contributed by atoms with van der Waals surface area (Å²) in [6.45, 7) is 1.14. The molecular weight excluding hydrogens is 312 g/mol. The van der Waals surface area contributed by atoms with Gasteiger partial charge in [-0.2, -0.15) is 0 Å². The fourth-order valence-electron chi connectivity index (χ4n) is 3.40. The molecular formula is C20H18N4O. The number of carbonyl (C=O) groups excluding carboxylic acids is 1. The van der Waals surface area contributed by atoms with E-state index >= 15 is 0 Å². The van der Waals surface area contributed by atoms with Crippen LogP contribution >= 0.6 is 0 Å². The first-order valence-electron chi connectivity index (χ1n) is 8.22. The smallest absolute Gasteiger partial charge is 0.276 e. The second-order valence-corrected chi connectivity index (χ2v) is 6.14.